The topological polar surface area (TPSA) is 64.3 Å². The predicted octanol–water partition coefficient (Wildman–Crippen LogP) is 1.96. The molecule has 146 valence electrons. The van der Waals surface area contributed by atoms with Gasteiger partial charge in [0.1, 0.15) is 5.82 Å². The molecular weight excluding hydrogens is 369 g/mol. The Kier molecular flexibility index (Phi) is 6.46. The third kappa shape index (κ3) is 4.48. The lowest BCUT2D eigenvalue weighted by Gasteiger charge is -2.22. The molecule has 1 aromatic carbocycles. The summed E-state index contributed by atoms with van der Waals surface area (Å²) < 4.78 is 13.1. The molecule has 1 amide bonds. The summed E-state index contributed by atoms with van der Waals surface area (Å²) in [6.45, 7) is 5.59. The molecule has 3 heterocycles. The highest BCUT2D eigenvalue weighted by molar-refractivity contribution is 5.94. The van der Waals surface area contributed by atoms with Gasteiger partial charge in [0.2, 0.25) is 0 Å². The van der Waals surface area contributed by atoms with Crippen molar-refractivity contribution in [2.45, 2.75) is 25.9 Å². The molecule has 0 bridgehead atoms. The summed E-state index contributed by atoms with van der Waals surface area (Å²) in [7, 11) is 0. The lowest BCUT2D eigenvalue weighted by molar-refractivity contribution is 0.0754. The molecule has 0 atom stereocenters. The Morgan fingerprint density at radius 2 is 1.96 bits per heavy atom. The van der Waals surface area contributed by atoms with E-state index in [-0.39, 0.29) is 24.1 Å². The minimum Gasteiger partial charge on any atom is -0.336 e. The second kappa shape index (κ2) is 8.82. The smallest absolute Gasteiger partial charge is 0.274 e. The van der Waals surface area contributed by atoms with Crippen molar-refractivity contribution in [2.75, 3.05) is 32.7 Å². The normalized spacial score (nSPS) is 17.7. The fourth-order valence-corrected chi connectivity index (χ4v) is 3.73. The highest BCUT2D eigenvalue weighted by Gasteiger charge is 2.27. The van der Waals surface area contributed by atoms with Crippen LogP contribution >= 0.6 is 12.4 Å². The first-order valence-corrected chi connectivity index (χ1v) is 9.23. The number of nitrogens with one attached hydrogen (secondary N) is 2. The van der Waals surface area contributed by atoms with E-state index in [4.69, 9.17) is 0 Å². The first-order chi connectivity index (χ1) is 12.7. The minimum absolute atomic E-state index is 0. The summed E-state index contributed by atoms with van der Waals surface area (Å²) in [5.74, 6) is -0.187. The maximum Gasteiger partial charge on any atom is 0.274 e. The van der Waals surface area contributed by atoms with Crippen LogP contribution in [0.25, 0.3) is 0 Å². The molecule has 0 spiro atoms. The fourth-order valence-electron chi connectivity index (χ4n) is 3.73. The highest BCUT2D eigenvalue weighted by Crippen LogP contribution is 2.18. The van der Waals surface area contributed by atoms with E-state index < -0.39 is 0 Å². The van der Waals surface area contributed by atoms with E-state index in [9.17, 15) is 9.18 Å². The first-order valence-electron chi connectivity index (χ1n) is 9.23. The number of hydrogen-bond donors (Lipinski definition) is 2. The number of amides is 1. The number of rotatable bonds is 3. The van der Waals surface area contributed by atoms with E-state index in [0.29, 0.717) is 18.8 Å². The van der Waals surface area contributed by atoms with E-state index in [1.165, 1.54) is 12.1 Å². The van der Waals surface area contributed by atoms with E-state index >= 15 is 0 Å². The van der Waals surface area contributed by atoms with Crippen molar-refractivity contribution in [2.24, 2.45) is 0 Å². The summed E-state index contributed by atoms with van der Waals surface area (Å²) in [6.07, 6.45) is 1.82. The molecule has 1 aromatic heterocycles. The number of aromatic nitrogens is 2. The van der Waals surface area contributed by atoms with E-state index in [0.717, 1.165) is 62.4 Å². The van der Waals surface area contributed by atoms with Gasteiger partial charge >= 0.3 is 0 Å². The minimum atomic E-state index is -0.210. The number of H-pyrrole nitrogens is 1. The van der Waals surface area contributed by atoms with Crippen molar-refractivity contribution in [3.05, 3.63) is 52.6 Å². The molecule has 0 unspecified atom stereocenters. The molecule has 2 aromatic rings. The summed E-state index contributed by atoms with van der Waals surface area (Å²) in [5, 5.41) is 10.6. The third-order valence-corrected chi connectivity index (χ3v) is 5.20. The number of hydrogen-bond acceptors (Lipinski definition) is 4. The van der Waals surface area contributed by atoms with Gasteiger partial charge in [-0.15, -0.1) is 12.4 Å². The molecule has 2 aliphatic rings. The number of aromatic amines is 1. The summed E-state index contributed by atoms with van der Waals surface area (Å²) in [5.41, 5.74) is 3.77. The molecule has 0 saturated carbocycles. The lowest BCUT2D eigenvalue weighted by Crippen LogP contribution is -2.36. The molecule has 0 aliphatic carbocycles. The third-order valence-electron chi connectivity index (χ3n) is 5.20. The predicted molar refractivity (Wildman–Crippen MR) is 103 cm³/mol. The Hall–Kier alpha value is -1.96. The van der Waals surface area contributed by atoms with Crippen LogP contribution in [-0.2, 0) is 19.5 Å². The lowest BCUT2D eigenvalue weighted by atomic mass is 10.1. The van der Waals surface area contributed by atoms with Crippen LogP contribution in [0.4, 0.5) is 4.39 Å². The fraction of sp³-hybridized carbons (Fsp3) is 0.474. The standard InChI is InChI=1S/C19H24FN5O.ClH/c20-15-4-2-14(3-5-15)13-24-8-1-9-25(11-10-24)19(26)18-16-12-21-7-6-17(16)22-23-18;/h2-5,21H,1,6-13H2,(H,22,23);1H. The maximum absolute atomic E-state index is 13.1. The van der Waals surface area contributed by atoms with Crippen molar-refractivity contribution < 1.29 is 9.18 Å². The van der Waals surface area contributed by atoms with Gasteiger partial charge in [0.05, 0.1) is 0 Å². The average Bonchev–Trinajstić information content (AvgIpc) is 2.95. The molecule has 2 aliphatic heterocycles. The van der Waals surface area contributed by atoms with Crippen LogP contribution in [0.15, 0.2) is 24.3 Å². The number of fused-ring (bicyclic) bond motifs is 1. The van der Waals surface area contributed by atoms with Crippen molar-refractivity contribution in [1.82, 2.24) is 25.3 Å². The van der Waals surface area contributed by atoms with Gasteiger partial charge in [0.25, 0.3) is 5.91 Å². The molecular formula is C19H25ClFN5O. The van der Waals surface area contributed by atoms with Crippen molar-refractivity contribution >= 4 is 18.3 Å². The summed E-state index contributed by atoms with van der Waals surface area (Å²) in [6, 6.07) is 6.65. The summed E-state index contributed by atoms with van der Waals surface area (Å²) >= 11 is 0. The number of nitrogens with zero attached hydrogens (tertiary/aromatic N) is 3. The van der Waals surface area contributed by atoms with Crippen molar-refractivity contribution in [3.63, 3.8) is 0 Å². The van der Waals surface area contributed by atoms with Crippen LogP contribution in [0.3, 0.4) is 0 Å². The van der Waals surface area contributed by atoms with Gasteiger partial charge < -0.3 is 10.2 Å². The van der Waals surface area contributed by atoms with Crippen molar-refractivity contribution in [1.29, 1.82) is 0 Å². The number of carbonyl (C=O) groups is 1. The second-order valence-electron chi connectivity index (χ2n) is 7.00. The monoisotopic (exact) mass is 393 g/mol. The van der Waals surface area contributed by atoms with Gasteiger partial charge in [-0.25, -0.2) is 4.39 Å². The zero-order chi connectivity index (χ0) is 17.9. The Labute approximate surface area is 164 Å². The molecule has 8 heteroatoms. The maximum atomic E-state index is 13.1. The first kappa shape index (κ1) is 19.8. The number of benzene rings is 1. The van der Waals surface area contributed by atoms with Crippen LogP contribution in [0, 0.1) is 5.82 Å². The zero-order valence-electron chi connectivity index (χ0n) is 15.2. The molecule has 27 heavy (non-hydrogen) atoms. The van der Waals surface area contributed by atoms with E-state index in [2.05, 4.69) is 20.4 Å². The van der Waals surface area contributed by atoms with Gasteiger partial charge in [0, 0.05) is 63.5 Å². The number of halogens is 2. The van der Waals surface area contributed by atoms with Crippen LogP contribution in [-0.4, -0.2) is 58.6 Å². The molecule has 2 N–H and O–H groups in total. The molecule has 4 rings (SSSR count). The van der Waals surface area contributed by atoms with Crippen LogP contribution in [0.2, 0.25) is 0 Å². The van der Waals surface area contributed by atoms with Gasteiger partial charge in [-0.2, -0.15) is 5.10 Å². The van der Waals surface area contributed by atoms with E-state index in [1.54, 1.807) is 0 Å². The van der Waals surface area contributed by atoms with Gasteiger partial charge in [-0.3, -0.25) is 14.8 Å². The molecule has 0 radical (unpaired) electrons. The molecule has 1 saturated heterocycles. The van der Waals surface area contributed by atoms with Gasteiger partial charge in [0.15, 0.2) is 5.69 Å². The van der Waals surface area contributed by atoms with Crippen LogP contribution in [0.5, 0.6) is 0 Å². The van der Waals surface area contributed by atoms with Crippen LogP contribution in [0.1, 0.15) is 33.7 Å². The Morgan fingerprint density at radius 3 is 2.78 bits per heavy atom. The van der Waals surface area contributed by atoms with Crippen LogP contribution < -0.4 is 5.32 Å². The van der Waals surface area contributed by atoms with E-state index in [1.807, 2.05) is 17.0 Å². The molecule has 1 fully saturated rings. The largest absolute Gasteiger partial charge is 0.336 e. The average molecular weight is 394 g/mol. The second-order valence-corrected chi connectivity index (χ2v) is 7.00. The number of carbonyl (C=O) groups excluding carboxylic acids is 1. The molecule has 6 nitrogen and oxygen atoms in total. The van der Waals surface area contributed by atoms with Crippen molar-refractivity contribution in [3.8, 4) is 0 Å². The van der Waals surface area contributed by atoms with Gasteiger partial charge in [-0.05, 0) is 24.1 Å². The Morgan fingerprint density at radius 1 is 1.15 bits per heavy atom. The van der Waals surface area contributed by atoms with Gasteiger partial charge in [-0.1, -0.05) is 12.1 Å². The summed E-state index contributed by atoms with van der Waals surface area (Å²) in [4.78, 5) is 17.2. The SMILES string of the molecule is Cl.O=C(c1n[nH]c2c1CNCC2)N1CCCN(Cc2ccc(F)cc2)CC1. The Bertz CT molecular complexity index is 779. The highest BCUT2D eigenvalue weighted by atomic mass is 35.5. The quantitative estimate of drug-likeness (QED) is 0.836. The zero-order valence-corrected chi connectivity index (χ0v) is 16.0. The Balaban J connectivity index is 0.00000210.